The number of aryl methyl sites for hydroxylation is 2. The lowest BCUT2D eigenvalue weighted by molar-refractivity contribution is 0.453. The molecule has 2 aromatic heterocycles. The number of hydrogen-bond acceptors (Lipinski definition) is 5. The quantitative estimate of drug-likeness (QED) is 0.903. The Morgan fingerprint density at radius 2 is 2.18 bits per heavy atom. The Morgan fingerprint density at radius 1 is 1.32 bits per heavy atom. The second-order valence-electron chi connectivity index (χ2n) is 6.11. The number of aromatic nitrogens is 4. The molecule has 6 heteroatoms. The molecule has 2 aromatic rings. The summed E-state index contributed by atoms with van der Waals surface area (Å²) in [6.45, 7) is 6.82. The van der Waals surface area contributed by atoms with Crippen molar-refractivity contribution in [2.75, 3.05) is 25.0 Å². The van der Waals surface area contributed by atoms with E-state index in [1.165, 1.54) is 12.8 Å². The van der Waals surface area contributed by atoms with Crippen LogP contribution >= 0.6 is 0 Å². The van der Waals surface area contributed by atoms with Crippen LogP contribution in [0.15, 0.2) is 12.3 Å². The van der Waals surface area contributed by atoms with Crippen molar-refractivity contribution in [1.82, 2.24) is 25.3 Å². The number of nitrogens with one attached hydrogen (secondary N) is 2. The third-order valence-corrected chi connectivity index (χ3v) is 4.09. The first kappa shape index (κ1) is 15.0. The van der Waals surface area contributed by atoms with Gasteiger partial charge in [0.05, 0.1) is 12.2 Å². The Morgan fingerprint density at radius 3 is 2.86 bits per heavy atom. The molecule has 0 aliphatic carbocycles. The first-order valence-electron chi connectivity index (χ1n) is 7.90. The third-order valence-electron chi connectivity index (χ3n) is 4.09. The fourth-order valence-electron chi connectivity index (χ4n) is 2.94. The van der Waals surface area contributed by atoms with E-state index in [-0.39, 0.29) is 0 Å². The number of piperidine rings is 1. The zero-order valence-corrected chi connectivity index (χ0v) is 13.6. The van der Waals surface area contributed by atoms with Gasteiger partial charge in [0.25, 0.3) is 0 Å². The van der Waals surface area contributed by atoms with Gasteiger partial charge >= 0.3 is 0 Å². The fraction of sp³-hybridized carbons (Fsp3) is 0.562. The van der Waals surface area contributed by atoms with Gasteiger partial charge in [0, 0.05) is 37.5 Å². The van der Waals surface area contributed by atoms with Crippen LogP contribution in [0.5, 0.6) is 0 Å². The SMILES string of the molecule is Cc1nc(C2CCCNC2)cc(N(C)Cc2ncc(C)[nH]2)n1. The van der Waals surface area contributed by atoms with Crippen molar-refractivity contribution in [1.29, 1.82) is 0 Å². The maximum Gasteiger partial charge on any atom is 0.132 e. The molecule has 6 nitrogen and oxygen atoms in total. The van der Waals surface area contributed by atoms with Crippen LogP contribution in [-0.4, -0.2) is 40.1 Å². The molecule has 0 radical (unpaired) electrons. The highest BCUT2D eigenvalue weighted by Crippen LogP contribution is 2.24. The second kappa shape index (κ2) is 6.44. The highest BCUT2D eigenvalue weighted by atomic mass is 15.2. The van der Waals surface area contributed by atoms with E-state index < -0.39 is 0 Å². The van der Waals surface area contributed by atoms with E-state index in [1.807, 2.05) is 27.1 Å². The highest BCUT2D eigenvalue weighted by molar-refractivity contribution is 5.40. The monoisotopic (exact) mass is 300 g/mol. The summed E-state index contributed by atoms with van der Waals surface area (Å²) in [5, 5.41) is 3.46. The standard InChI is InChI=1S/C16H24N6/c1-11-8-18-15(19-11)10-22(3)16-7-14(20-12(2)21-16)13-5-4-6-17-9-13/h7-8,13,17H,4-6,9-10H2,1-3H3,(H,18,19). The molecule has 1 aliphatic rings. The van der Waals surface area contributed by atoms with Gasteiger partial charge in [-0.1, -0.05) is 0 Å². The predicted octanol–water partition coefficient (Wildman–Crippen LogP) is 1.92. The fourth-order valence-corrected chi connectivity index (χ4v) is 2.94. The zero-order valence-electron chi connectivity index (χ0n) is 13.6. The molecule has 0 amide bonds. The molecule has 0 saturated carbocycles. The number of anilines is 1. The molecule has 1 atom stereocenters. The number of H-pyrrole nitrogens is 1. The Hall–Kier alpha value is -1.95. The van der Waals surface area contributed by atoms with E-state index in [9.17, 15) is 0 Å². The summed E-state index contributed by atoms with van der Waals surface area (Å²) in [6.07, 6.45) is 4.27. The van der Waals surface area contributed by atoms with Crippen molar-refractivity contribution in [3.05, 3.63) is 35.3 Å². The summed E-state index contributed by atoms with van der Waals surface area (Å²) < 4.78 is 0. The maximum absolute atomic E-state index is 4.65. The Kier molecular flexibility index (Phi) is 4.38. The summed E-state index contributed by atoms with van der Waals surface area (Å²) in [4.78, 5) is 19.0. The molecule has 118 valence electrons. The number of aromatic amines is 1. The maximum atomic E-state index is 4.65. The summed E-state index contributed by atoms with van der Waals surface area (Å²) in [5.41, 5.74) is 2.23. The molecule has 2 N–H and O–H groups in total. The minimum absolute atomic E-state index is 0.494. The van der Waals surface area contributed by atoms with Gasteiger partial charge in [-0.3, -0.25) is 0 Å². The lowest BCUT2D eigenvalue weighted by Crippen LogP contribution is -2.29. The van der Waals surface area contributed by atoms with Gasteiger partial charge in [0.1, 0.15) is 17.5 Å². The number of rotatable bonds is 4. The van der Waals surface area contributed by atoms with Crippen molar-refractivity contribution < 1.29 is 0 Å². The van der Waals surface area contributed by atoms with E-state index in [1.54, 1.807) is 0 Å². The second-order valence-corrected chi connectivity index (χ2v) is 6.11. The predicted molar refractivity (Wildman–Crippen MR) is 87.0 cm³/mol. The first-order valence-corrected chi connectivity index (χ1v) is 7.90. The molecular formula is C16H24N6. The van der Waals surface area contributed by atoms with Gasteiger partial charge in [-0.05, 0) is 33.2 Å². The molecule has 1 fully saturated rings. The average Bonchev–Trinajstić information content (AvgIpc) is 2.92. The molecule has 1 aliphatic heterocycles. The summed E-state index contributed by atoms with van der Waals surface area (Å²) >= 11 is 0. The normalized spacial score (nSPS) is 18.4. The van der Waals surface area contributed by atoms with Gasteiger partial charge < -0.3 is 15.2 Å². The van der Waals surface area contributed by atoms with Crippen LogP contribution in [0, 0.1) is 13.8 Å². The van der Waals surface area contributed by atoms with E-state index >= 15 is 0 Å². The Bertz CT molecular complexity index is 629. The average molecular weight is 300 g/mol. The van der Waals surface area contributed by atoms with Crippen molar-refractivity contribution in [3.8, 4) is 0 Å². The molecule has 22 heavy (non-hydrogen) atoms. The largest absolute Gasteiger partial charge is 0.352 e. The summed E-state index contributed by atoms with van der Waals surface area (Å²) in [6, 6.07) is 2.13. The van der Waals surface area contributed by atoms with Crippen LogP contribution in [-0.2, 0) is 6.54 Å². The van der Waals surface area contributed by atoms with Crippen LogP contribution in [0.25, 0.3) is 0 Å². The Balaban J connectivity index is 1.78. The van der Waals surface area contributed by atoms with Crippen LogP contribution in [0.3, 0.4) is 0 Å². The number of hydrogen-bond donors (Lipinski definition) is 2. The highest BCUT2D eigenvalue weighted by Gasteiger charge is 2.18. The molecule has 0 aromatic carbocycles. The van der Waals surface area contributed by atoms with E-state index in [2.05, 4.69) is 36.2 Å². The van der Waals surface area contributed by atoms with Crippen LogP contribution < -0.4 is 10.2 Å². The van der Waals surface area contributed by atoms with Crippen molar-refractivity contribution >= 4 is 5.82 Å². The summed E-state index contributed by atoms with van der Waals surface area (Å²) in [7, 11) is 2.04. The molecule has 0 spiro atoms. The van der Waals surface area contributed by atoms with Gasteiger partial charge in [0.2, 0.25) is 0 Å². The van der Waals surface area contributed by atoms with Gasteiger partial charge in [-0.2, -0.15) is 0 Å². The first-order chi connectivity index (χ1) is 10.6. The number of nitrogens with zero attached hydrogens (tertiary/aromatic N) is 4. The smallest absolute Gasteiger partial charge is 0.132 e. The zero-order chi connectivity index (χ0) is 15.5. The van der Waals surface area contributed by atoms with Gasteiger partial charge in [-0.25, -0.2) is 15.0 Å². The molecule has 1 saturated heterocycles. The lowest BCUT2D eigenvalue weighted by atomic mass is 9.96. The molecule has 0 bridgehead atoms. The molecule has 3 heterocycles. The van der Waals surface area contributed by atoms with Crippen LogP contribution in [0.1, 0.15) is 41.8 Å². The van der Waals surface area contributed by atoms with E-state index in [0.29, 0.717) is 12.5 Å². The molecular weight excluding hydrogens is 276 g/mol. The lowest BCUT2D eigenvalue weighted by Gasteiger charge is -2.24. The Labute approximate surface area is 131 Å². The molecule has 3 rings (SSSR count). The van der Waals surface area contributed by atoms with E-state index in [0.717, 1.165) is 41.9 Å². The van der Waals surface area contributed by atoms with Gasteiger partial charge in [-0.15, -0.1) is 0 Å². The molecule has 1 unspecified atom stereocenters. The van der Waals surface area contributed by atoms with Gasteiger partial charge in [0.15, 0.2) is 0 Å². The summed E-state index contributed by atoms with van der Waals surface area (Å²) in [5.74, 6) is 3.24. The topological polar surface area (TPSA) is 69.7 Å². The minimum Gasteiger partial charge on any atom is -0.352 e. The van der Waals surface area contributed by atoms with Crippen LogP contribution in [0.4, 0.5) is 5.82 Å². The number of imidazole rings is 1. The van der Waals surface area contributed by atoms with Crippen molar-refractivity contribution in [2.45, 2.75) is 39.2 Å². The third kappa shape index (κ3) is 3.44. The minimum atomic E-state index is 0.494. The van der Waals surface area contributed by atoms with Crippen molar-refractivity contribution in [2.24, 2.45) is 0 Å². The van der Waals surface area contributed by atoms with Crippen LogP contribution in [0.2, 0.25) is 0 Å². The van der Waals surface area contributed by atoms with Crippen molar-refractivity contribution in [3.63, 3.8) is 0 Å². The van der Waals surface area contributed by atoms with E-state index in [4.69, 9.17) is 0 Å².